The normalized spacial score (nSPS) is 15.1. The predicted octanol–water partition coefficient (Wildman–Crippen LogP) is 2.91. The van der Waals surface area contributed by atoms with Gasteiger partial charge in [-0.2, -0.15) is 0 Å². The van der Waals surface area contributed by atoms with Crippen molar-refractivity contribution >= 4 is 23.2 Å². The predicted molar refractivity (Wildman–Crippen MR) is 71.2 cm³/mol. The zero-order chi connectivity index (χ0) is 12.7. The van der Waals surface area contributed by atoms with Crippen LogP contribution in [-0.2, 0) is 6.54 Å². The average Bonchev–Trinajstić information content (AvgIpc) is 3.07. The minimum absolute atomic E-state index is 0.403. The first-order valence-corrected chi connectivity index (χ1v) is 6.55. The molecule has 0 saturated heterocycles. The molecule has 1 fully saturated rings. The van der Waals surface area contributed by atoms with Gasteiger partial charge in [-0.05, 0) is 31.0 Å². The molecule has 2 aromatic rings. The Balaban J connectivity index is 2.13. The quantitative estimate of drug-likeness (QED) is 0.942. The molecule has 1 aromatic carbocycles. The van der Waals surface area contributed by atoms with Gasteiger partial charge in [0, 0.05) is 22.5 Å². The molecule has 3 rings (SSSR count). The van der Waals surface area contributed by atoms with Crippen molar-refractivity contribution in [2.24, 2.45) is 5.73 Å². The Kier molecular flexibility index (Phi) is 3.01. The largest absolute Gasteiger partial charge is 0.325 e. The Morgan fingerprint density at radius 1 is 1.22 bits per heavy atom. The molecular weight excluding hydrogens is 271 g/mol. The van der Waals surface area contributed by atoms with E-state index in [0.717, 1.165) is 29.9 Å². The molecule has 0 unspecified atom stereocenters. The number of benzene rings is 1. The Hall–Kier alpha value is -1.10. The molecule has 0 amide bonds. The summed E-state index contributed by atoms with van der Waals surface area (Å²) in [7, 11) is 0. The van der Waals surface area contributed by atoms with E-state index in [9.17, 15) is 0 Å². The summed E-state index contributed by atoms with van der Waals surface area (Å²) >= 11 is 12.0. The van der Waals surface area contributed by atoms with Crippen molar-refractivity contribution in [1.82, 2.24) is 15.0 Å². The lowest BCUT2D eigenvalue weighted by molar-refractivity contribution is 0.763. The zero-order valence-electron chi connectivity index (χ0n) is 9.61. The maximum Gasteiger partial charge on any atom is 0.100 e. The van der Waals surface area contributed by atoms with Crippen molar-refractivity contribution in [3.63, 3.8) is 0 Å². The standard InChI is InChI=1S/C12H12Cl2N4/c13-8-3-9(14)5-10(4-8)18-12(7-1-2-7)11(6-15)16-17-18/h3-5,7H,1-2,6,15H2. The second-order valence-corrected chi connectivity index (χ2v) is 5.31. The molecule has 18 heavy (non-hydrogen) atoms. The summed E-state index contributed by atoms with van der Waals surface area (Å²) in [5.41, 5.74) is 8.48. The van der Waals surface area contributed by atoms with Gasteiger partial charge in [0.25, 0.3) is 0 Å². The van der Waals surface area contributed by atoms with Gasteiger partial charge in [0.2, 0.25) is 0 Å². The van der Waals surface area contributed by atoms with Crippen LogP contribution in [0.5, 0.6) is 0 Å². The summed E-state index contributed by atoms with van der Waals surface area (Å²) in [6.07, 6.45) is 2.32. The Bertz CT molecular complexity index is 570. The molecule has 0 atom stereocenters. The molecule has 1 aromatic heterocycles. The van der Waals surface area contributed by atoms with Gasteiger partial charge in [-0.25, -0.2) is 4.68 Å². The number of hydrogen-bond acceptors (Lipinski definition) is 3. The van der Waals surface area contributed by atoms with Crippen LogP contribution in [0.2, 0.25) is 10.0 Å². The first kappa shape index (κ1) is 12.0. The van der Waals surface area contributed by atoms with E-state index in [4.69, 9.17) is 28.9 Å². The number of hydrogen-bond donors (Lipinski definition) is 1. The highest BCUT2D eigenvalue weighted by Gasteiger charge is 2.31. The summed E-state index contributed by atoms with van der Waals surface area (Å²) < 4.78 is 1.80. The van der Waals surface area contributed by atoms with Crippen LogP contribution >= 0.6 is 23.2 Å². The fraction of sp³-hybridized carbons (Fsp3) is 0.333. The molecule has 1 aliphatic carbocycles. The third kappa shape index (κ3) is 2.11. The summed E-state index contributed by atoms with van der Waals surface area (Å²) in [6.45, 7) is 0.403. The van der Waals surface area contributed by atoms with Crippen molar-refractivity contribution in [1.29, 1.82) is 0 Å². The second-order valence-electron chi connectivity index (χ2n) is 4.44. The van der Waals surface area contributed by atoms with Crippen LogP contribution in [0.3, 0.4) is 0 Å². The van der Waals surface area contributed by atoms with E-state index in [1.54, 1.807) is 10.7 Å². The Labute approximate surface area is 115 Å². The SMILES string of the molecule is NCc1nnn(-c2cc(Cl)cc(Cl)c2)c1C1CC1. The van der Waals surface area contributed by atoms with Crippen LogP contribution in [0.4, 0.5) is 0 Å². The van der Waals surface area contributed by atoms with Gasteiger partial charge in [-0.3, -0.25) is 0 Å². The molecule has 0 bridgehead atoms. The van der Waals surface area contributed by atoms with E-state index >= 15 is 0 Å². The minimum Gasteiger partial charge on any atom is -0.325 e. The lowest BCUT2D eigenvalue weighted by atomic mass is 10.2. The van der Waals surface area contributed by atoms with Crippen molar-refractivity contribution in [3.05, 3.63) is 39.6 Å². The molecule has 94 valence electrons. The highest BCUT2D eigenvalue weighted by atomic mass is 35.5. The van der Waals surface area contributed by atoms with Crippen molar-refractivity contribution in [3.8, 4) is 5.69 Å². The van der Waals surface area contributed by atoms with Gasteiger partial charge in [0.1, 0.15) is 5.69 Å². The van der Waals surface area contributed by atoms with Gasteiger partial charge in [-0.1, -0.05) is 28.4 Å². The lowest BCUT2D eigenvalue weighted by Gasteiger charge is -2.07. The highest BCUT2D eigenvalue weighted by Crippen LogP contribution is 2.42. The zero-order valence-corrected chi connectivity index (χ0v) is 11.1. The van der Waals surface area contributed by atoms with Crippen LogP contribution in [0.1, 0.15) is 30.1 Å². The smallest absolute Gasteiger partial charge is 0.100 e. The van der Waals surface area contributed by atoms with Crippen molar-refractivity contribution < 1.29 is 0 Å². The molecule has 1 aliphatic rings. The van der Waals surface area contributed by atoms with E-state index in [1.165, 1.54) is 0 Å². The lowest BCUT2D eigenvalue weighted by Crippen LogP contribution is -2.05. The van der Waals surface area contributed by atoms with Gasteiger partial charge in [0.05, 0.1) is 11.4 Å². The summed E-state index contributed by atoms with van der Waals surface area (Å²) in [5, 5.41) is 9.48. The van der Waals surface area contributed by atoms with E-state index in [1.807, 2.05) is 12.1 Å². The first-order chi connectivity index (χ1) is 8.69. The maximum absolute atomic E-state index is 6.02. The van der Waals surface area contributed by atoms with E-state index in [-0.39, 0.29) is 0 Å². The Morgan fingerprint density at radius 2 is 1.89 bits per heavy atom. The topological polar surface area (TPSA) is 56.7 Å². The molecule has 1 heterocycles. The first-order valence-electron chi connectivity index (χ1n) is 5.80. The van der Waals surface area contributed by atoms with Crippen LogP contribution in [0.25, 0.3) is 5.69 Å². The summed E-state index contributed by atoms with van der Waals surface area (Å²) in [4.78, 5) is 0. The summed E-state index contributed by atoms with van der Waals surface area (Å²) in [5.74, 6) is 0.510. The highest BCUT2D eigenvalue weighted by molar-refractivity contribution is 6.34. The Morgan fingerprint density at radius 3 is 2.44 bits per heavy atom. The third-order valence-electron chi connectivity index (χ3n) is 3.03. The molecule has 1 saturated carbocycles. The summed E-state index contributed by atoms with van der Waals surface area (Å²) in [6, 6.07) is 5.35. The van der Waals surface area contributed by atoms with Gasteiger partial charge in [-0.15, -0.1) is 5.10 Å². The van der Waals surface area contributed by atoms with Crippen LogP contribution in [0, 0.1) is 0 Å². The second kappa shape index (κ2) is 4.53. The number of nitrogens with zero attached hydrogens (tertiary/aromatic N) is 3. The van der Waals surface area contributed by atoms with Gasteiger partial charge < -0.3 is 5.73 Å². The fourth-order valence-corrected chi connectivity index (χ4v) is 2.60. The molecule has 6 heteroatoms. The molecule has 4 nitrogen and oxygen atoms in total. The van der Waals surface area contributed by atoms with Crippen LogP contribution < -0.4 is 5.73 Å². The molecule has 0 spiro atoms. The average molecular weight is 283 g/mol. The van der Waals surface area contributed by atoms with Gasteiger partial charge >= 0.3 is 0 Å². The van der Waals surface area contributed by atoms with Crippen molar-refractivity contribution in [2.45, 2.75) is 25.3 Å². The van der Waals surface area contributed by atoms with Crippen LogP contribution in [0.15, 0.2) is 18.2 Å². The maximum atomic E-state index is 6.02. The number of halogens is 2. The molecule has 0 radical (unpaired) electrons. The molecular formula is C12H12Cl2N4. The number of rotatable bonds is 3. The number of nitrogens with two attached hydrogens (primary N) is 1. The fourth-order valence-electron chi connectivity index (χ4n) is 2.08. The third-order valence-corrected chi connectivity index (χ3v) is 3.46. The molecule has 2 N–H and O–H groups in total. The van der Waals surface area contributed by atoms with E-state index < -0.39 is 0 Å². The number of aromatic nitrogens is 3. The monoisotopic (exact) mass is 282 g/mol. The van der Waals surface area contributed by atoms with Gasteiger partial charge in [0.15, 0.2) is 0 Å². The minimum atomic E-state index is 0.403. The van der Waals surface area contributed by atoms with Crippen molar-refractivity contribution in [2.75, 3.05) is 0 Å². The van der Waals surface area contributed by atoms with E-state index in [0.29, 0.717) is 22.5 Å². The molecule has 0 aliphatic heterocycles. The van der Waals surface area contributed by atoms with Crippen LogP contribution in [-0.4, -0.2) is 15.0 Å². The van der Waals surface area contributed by atoms with E-state index in [2.05, 4.69) is 10.3 Å².